The van der Waals surface area contributed by atoms with Crippen LogP contribution in [-0.4, -0.2) is 38.8 Å². The van der Waals surface area contributed by atoms with Crippen LogP contribution in [0.1, 0.15) is 51.9 Å². The molecule has 2 N–H and O–H groups in total. The fourth-order valence-corrected chi connectivity index (χ4v) is 2.31. The Hall–Kier alpha value is -0.770. The molecule has 0 heterocycles. The van der Waals surface area contributed by atoms with Crippen molar-refractivity contribution in [1.82, 2.24) is 10.6 Å². The van der Waals surface area contributed by atoms with Crippen molar-refractivity contribution < 1.29 is 4.74 Å². The molecule has 106 valence electrons. The number of unbranched alkanes of at least 4 members (excludes halogenated alkanes) is 2. The summed E-state index contributed by atoms with van der Waals surface area (Å²) in [5.41, 5.74) is 0. The molecule has 0 aromatic rings. The second-order valence-corrected chi connectivity index (χ2v) is 4.94. The number of hydrogen-bond donors (Lipinski definition) is 2. The fraction of sp³-hybridized carbons (Fsp3) is 0.929. The molecule has 0 aromatic heterocycles. The van der Waals surface area contributed by atoms with Gasteiger partial charge < -0.3 is 15.4 Å². The van der Waals surface area contributed by atoms with E-state index < -0.39 is 0 Å². The van der Waals surface area contributed by atoms with Crippen LogP contribution in [0, 0.1) is 0 Å². The van der Waals surface area contributed by atoms with Gasteiger partial charge in [-0.15, -0.1) is 0 Å². The third kappa shape index (κ3) is 6.84. The Kier molecular flexibility index (Phi) is 8.65. The minimum absolute atomic E-state index is 0.635. The monoisotopic (exact) mass is 255 g/mol. The van der Waals surface area contributed by atoms with Crippen LogP contribution in [0.15, 0.2) is 4.99 Å². The average molecular weight is 255 g/mol. The Morgan fingerprint density at radius 3 is 2.67 bits per heavy atom. The summed E-state index contributed by atoms with van der Waals surface area (Å²) in [7, 11) is 1.76. The molecule has 0 bridgehead atoms. The minimum atomic E-state index is 0.635. The molecule has 0 spiro atoms. The van der Waals surface area contributed by atoms with Gasteiger partial charge in [0.1, 0.15) is 0 Å². The van der Waals surface area contributed by atoms with Gasteiger partial charge in [0.25, 0.3) is 0 Å². The number of nitrogens with zero attached hydrogens (tertiary/aromatic N) is 1. The first kappa shape index (κ1) is 15.3. The van der Waals surface area contributed by atoms with E-state index in [0.717, 1.165) is 38.5 Å². The second-order valence-electron chi connectivity index (χ2n) is 4.94. The van der Waals surface area contributed by atoms with Crippen LogP contribution in [0.3, 0.4) is 0 Å². The summed E-state index contributed by atoms with van der Waals surface area (Å²) >= 11 is 0. The zero-order chi connectivity index (χ0) is 13.1. The first-order valence-electron chi connectivity index (χ1n) is 7.40. The summed E-state index contributed by atoms with van der Waals surface area (Å²) in [5.74, 6) is 0.996. The molecule has 1 saturated carbocycles. The predicted molar refractivity (Wildman–Crippen MR) is 77.1 cm³/mol. The first-order chi connectivity index (χ1) is 8.86. The molecule has 0 saturated heterocycles. The lowest BCUT2D eigenvalue weighted by molar-refractivity contribution is 0.192. The van der Waals surface area contributed by atoms with E-state index in [2.05, 4.69) is 22.5 Å². The zero-order valence-electron chi connectivity index (χ0n) is 12.0. The molecule has 4 nitrogen and oxygen atoms in total. The van der Waals surface area contributed by atoms with Gasteiger partial charge in [0, 0.05) is 32.8 Å². The van der Waals surface area contributed by atoms with Crippen molar-refractivity contribution in [2.45, 2.75) is 57.9 Å². The summed E-state index contributed by atoms with van der Waals surface area (Å²) in [6, 6.07) is 0.635. The van der Waals surface area contributed by atoms with Crippen molar-refractivity contribution in [3.05, 3.63) is 0 Å². The van der Waals surface area contributed by atoms with E-state index in [1.54, 1.807) is 7.11 Å². The number of aliphatic imine (C=N–C) groups is 1. The standard InChI is InChI=1S/C14H29N3O/c1-3-15-14(17-13-9-5-6-10-13)16-11-7-4-8-12-18-2/h13H,3-12H2,1-2H3,(H2,15,16,17). The highest BCUT2D eigenvalue weighted by Gasteiger charge is 2.15. The van der Waals surface area contributed by atoms with E-state index in [-0.39, 0.29) is 0 Å². The Balaban J connectivity index is 2.17. The Morgan fingerprint density at radius 1 is 1.22 bits per heavy atom. The molecule has 0 atom stereocenters. The summed E-state index contributed by atoms with van der Waals surface area (Å²) in [5, 5.41) is 6.86. The molecule has 0 aliphatic heterocycles. The zero-order valence-corrected chi connectivity index (χ0v) is 12.0. The number of ether oxygens (including phenoxy) is 1. The fourth-order valence-electron chi connectivity index (χ4n) is 2.31. The second kappa shape index (κ2) is 10.2. The summed E-state index contributed by atoms with van der Waals surface area (Å²) in [6.07, 6.45) is 8.77. The van der Waals surface area contributed by atoms with Gasteiger partial charge in [0.2, 0.25) is 0 Å². The molecule has 18 heavy (non-hydrogen) atoms. The van der Waals surface area contributed by atoms with E-state index in [0.29, 0.717) is 6.04 Å². The van der Waals surface area contributed by atoms with Crippen molar-refractivity contribution in [2.24, 2.45) is 4.99 Å². The van der Waals surface area contributed by atoms with Crippen LogP contribution in [0.4, 0.5) is 0 Å². The van der Waals surface area contributed by atoms with Gasteiger partial charge in [-0.25, -0.2) is 0 Å². The van der Waals surface area contributed by atoms with Crippen LogP contribution in [-0.2, 0) is 4.74 Å². The van der Waals surface area contributed by atoms with E-state index in [1.165, 1.54) is 32.1 Å². The molecule has 1 rings (SSSR count). The van der Waals surface area contributed by atoms with Crippen molar-refractivity contribution in [2.75, 3.05) is 26.8 Å². The van der Waals surface area contributed by atoms with Gasteiger partial charge in [0.15, 0.2) is 5.96 Å². The van der Waals surface area contributed by atoms with E-state index in [9.17, 15) is 0 Å². The lowest BCUT2D eigenvalue weighted by Crippen LogP contribution is -2.42. The maximum Gasteiger partial charge on any atom is 0.191 e. The van der Waals surface area contributed by atoms with Crippen LogP contribution < -0.4 is 10.6 Å². The van der Waals surface area contributed by atoms with Crippen molar-refractivity contribution in [3.63, 3.8) is 0 Å². The maximum absolute atomic E-state index is 5.04. The van der Waals surface area contributed by atoms with Crippen LogP contribution in [0.5, 0.6) is 0 Å². The van der Waals surface area contributed by atoms with E-state index >= 15 is 0 Å². The quantitative estimate of drug-likeness (QED) is 0.397. The lowest BCUT2D eigenvalue weighted by atomic mass is 10.2. The van der Waals surface area contributed by atoms with Crippen LogP contribution in [0.2, 0.25) is 0 Å². The molecule has 1 aliphatic rings. The number of rotatable bonds is 8. The van der Waals surface area contributed by atoms with E-state index in [1.807, 2.05) is 0 Å². The van der Waals surface area contributed by atoms with Gasteiger partial charge in [-0.1, -0.05) is 12.8 Å². The molecular formula is C14H29N3O. The molecule has 0 unspecified atom stereocenters. The summed E-state index contributed by atoms with van der Waals surface area (Å²) in [4.78, 5) is 4.63. The number of methoxy groups -OCH3 is 1. The Morgan fingerprint density at radius 2 is 2.00 bits per heavy atom. The summed E-state index contributed by atoms with van der Waals surface area (Å²) < 4.78 is 5.04. The number of hydrogen-bond acceptors (Lipinski definition) is 2. The normalized spacial score (nSPS) is 17.1. The third-order valence-electron chi connectivity index (χ3n) is 3.32. The largest absolute Gasteiger partial charge is 0.385 e. The smallest absolute Gasteiger partial charge is 0.191 e. The third-order valence-corrected chi connectivity index (χ3v) is 3.32. The minimum Gasteiger partial charge on any atom is -0.385 e. The molecule has 0 radical (unpaired) electrons. The van der Waals surface area contributed by atoms with Crippen LogP contribution in [0.25, 0.3) is 0 Å². The Bertz CT molecular complexity index is 225. The highest BCUT2D eigenvalue weighted by Crippen LogP contribution is 2.17. The molecular weight excluding hydrogens is 226 g/mol. The topological polar surface area (TPSA) is 45.7 Å². The van der Waals surface area contributed by atoms with Crippen molar-refractivity contribution in [1.29, 1.82) is 0 Å². The lowest BCUT2D eigenvalue weighted by Gasteiger charge is -2.16. The van der Waals surface area contributed by atoms with Gasteiger partial charge in [0.05, 0.1) is 0 Å². The highest BCUT2D eigenvalue weighted by atomic mass is 16.5. The van der Waals surface area contributed by atoms with Gasteiger partial charge >= 0.3 is 0 Å². The van der Waals surface area contributed by atoms with Gasteiger partial charge in [-0.3, -0.25) is 4.99 Å². The molecule has 0 amide bonds. The van der Waals surface area contributed by atoms with Crippen molar-refractivity contribution in [3.8, 4) is 0 Å². The van der Waals surface area contributed by atoms with Crippen LogP contribution >= 0.6 is 0 Å². The Labute approximate surface area is 112 Å². The molecule has 1 aliphatic carbocycles. The molecule has 4 heteroatoms. The van der Waals surface area contributed by atoms with E-state index in [4.69, 9.17) is 4.74 Å². The maximum atomic E-state index is 5.04. The first-order valence-corrected chi connectivity index (χ1v) is 7.40. The molecule has 1 fully saturated rings. The number of guanidine groups is 1. The highest BCUT2D eigenvalue weighted by molar-refractivity contribution is 5.80. The summed E-state index contributed by atoms with van der Waals surface area (Å²) in [6.45, 7) is 4.82. The number of nitrogens with one attached hydrogen (secondary N) is 2. The van der Waals surface area contributed by atoms with Crippen molar-refractivity contribution >= 4 is 5.96 Å². The van der Waals surface area contributed by atoms with Gasteiger partial charge in [-0.2, -0.15) is 0 Å². The predicted octanol–water partition coefficient (Wildman–Crippen LogP) is 2.30. The SMILES string of the molecule is CCNC(=NCCCCCOC)NC1CCCC1. The average Bonchev–Trinajstić information content (AvgIpc) is 2.86. The van der Waals surface area contributed by atoms with Gasteiger partial charge in [-0.05, 0) is 39.0 Å². The molecule has 0 aromatic carbocycles.